The van der Waals surface area contributed by atoms with Gasteiger partial charge in [0, 0.05) is 5.56 Å². The molecule has 0 unspecified atom stereocenters. The molecule has 0 bridgehead atoms. The number of carbonyl (C=O) groups excluding carboxylic acids is 4. The molecule has 1 saturated heterocycles. The van der Waals surface area contributed by atoms with Crippen LogP contribution in [0.25, 0.3) is 6.08 Å². The normalized spacial score (nSPS) is 14.0. The molecule has 0 atom stereocenters. The molecule has 35 heavy (non-hydrogen) atoms. The van der Waals surface area contributed by atoms with Crippen LogP contribution in [0.2, 0.25) is 0 Å². The zero-order valence-electron chi connectivity index (χ0n) is 19.4. The first-order valence-electron chi connectivity index (χ1n) is 10.3. The molecule has 184 valence electrons. The van der Waals surface area contributed by atoms with E-state index in [-0.39, 0.29) is 30.4 Å². The van der Waals surface area contributed by atoms with E-state index in [1.165, 1.54) is 39.5 Å². The Morgan fingerprint density at radius 2 is 1.91 bits per heavy atom. The Hall–Kier alpha value is -4.54. The zero-order chi connectivity index (χ0) is 25.5. The lowest BCUT2D eigenvalue weighted by Crippen LogP contribution is -2.30. The Balaban J connectivity index is 1.85. The van der Waals surface area contributed by atoms with Gasteiger partial charge in [0.1, 0.15) is 11.5 Å². The first-order valence-corrected chi connectivity index (χ1v) is 10.3. The van der Waals surface area contributed by atoms with Crippen LogP contribution in [0.5, 0.6) is 11.5 Å². The van der Waals surface area contributed by atoms with Crippen molar-refractivity contribution in [2.75, 3.05) is 27.9 Å². The summed E-state index contributed by atoms with van der Waals surface area (Å²) in [4.78, 5) is 49.3. The Kier molecular flexibility index (Phi) is 7.92. The molecule has 1 aliphatic heterocycles. The number of esters is 2. The summed E-state index contributed by atoms with van der Waals surface area (Å²) in [6.45, 7) is 3.24. The van der Waals surface area contributed by atoms with Gasteiger partial charge in [-0.25, -0.2) is 14.4 Å². The van der Waals surface area contributed by atoms with Crippen molar-refractivity contribution in [3.05, 3.63) is 65.3 Å². The van der Waals surface area contributed by atoms with Crippen LogP contribution in [0.3, 0.4) is 0 Å². The Labute approximate surface area is 200 Å². The third kappa shape index (κ3) is 5.69. The second-order valence-corrected chi connectivity index (χ2v) is 7.21. The predicted molar refractivity (Wildman–Crippen MR) is 122 cm³/mol. The number of imide groups is 1. The van der Waals surface area contributed by atoms with Crippen LogP contribution in [-0.4, -0.2) is 56.7 Å². The maximum absolute atomic E-state index is 12.9. The zero-order valence-corrected chi connectivity index (χ0v) is 19.4. The van der Waals surface area contributed by atoms with Crippen LogP contribution < -0.4 is 14.8 Å². The lowest BCUT2D eigenvalue weighted by atomic mass is 10.0. The summed E-state index contributed by atoms with van der Waals surface area (Å²) in [5.74, 6) is -0.961. The standard InChI is InChI=1S/C24H24N2O9/c1-5-6-15-9-14(11-19(31-2)21(15)34-13-20(27)32-3)10-17-22(28)26(24(30)25-17)12-16-7-8-18(35-16)23(29)33-4/h5,7-11H,1,6,12-13H2,2-4H3,(H,25,30)/b17-10-. The number of nitrogens with one attached hydrogen (secondary N) is 1. The molecule has 0 saturated carbocycles. The van der Waals surface area contributed by atoms with E-state index in [0.29, 0.717) is 29.0 Å². The van der Waals surface area contributed by atoms with Gasteiger partial charge in [-0.3, -0.25) is 9.69 Å². The lowest BCUT2D eigenvalue weighted by molar-refractivity contribution is -0.143. The summed E-state index contributed by atoms with van der Waals surface area (Å²) in [7, 11) is 3.90. The molecule has 1 aromatic carbocycles. The maximum Gasteiger partial charge on any atom is 0.373 e. The second-order valence-electron chi connectivity index (χ2n) is 7.21. The highest BCUT2D eigenvalue weighted by Crippen LogP contribution is 2.34. The van der Waals surface area contributed by atoms with E-state index in [0.717, 1.165) is 4.90 Å². The number of rotatable bonds is 10. The highest BCUT2D eigenvalue weighted by atomic mass is 16.6. The topological polar surface area (TPSA) is 134 Å². The molecular weight excluding hydrogens is 460 g/mol. The first kappa shape index (κ1) is 25.1. The molecule has 0 radical (unpaired) electrons. The van der Waals surface area contributed by atoms with Crippen molar-refractivity contribution < 1.29 is 42.5 Å². The van der Waals surface area contributed by atoms with Crippen molar-refractivity contribution in [3.8, 4) is 11.5 Å². The summed E-state index contributed by atoms with van der Waals surface area (Å²) in [5, 5.41) is 2.53. The number of benzene rings is 1. The SMILES string of the molecule is C=CCc1cc(/C=C2\NC(=O)N(Cc3ccc(C(=O)OC)o3)C2=O)cc(OC)c1OCC(=O)OC. The van der Waals surface area contributed by atoms with Gasteiger partial charge in [0.2, 0.25) is 5.76 Å². The third-order valence-corrected chi connectivity index (χ3v) is 4.94. The molecular formula is C24H24N2O9. The van der Waals surface area contributed by atoms with Gasteiger partial charge < -0.3 is 28.7 Å². The van der Waals surface area contributed by atoms with E-state index in [2.05, 4.69) is 21.4 Å². The van der Waals surface area contributed by atoms with E-state index in [9.17, 15) is 19.2 Å². The molecule has 1 N–H and O–H groups in total. The van der Waals surface area contributed by atoms with Crippen LogP contribution in [0.4, 0.5) is 4.79 Å². The van der Waals surface area contributed by atoms with E-state index in [1.54, 1.807) is 18.2 Å². The van der Waals surface area contributed by atoms with E-state index < -0.39 is 23.9 Å². The second kappa shape index (κ2) is 11.1. The highest BCUT2D eigenvalue weighted by molar-refractivity contribution is 6.13. The number of nitrogens with zero attached hydrogens (tertiary/aromatic N) is 1. The van der Waals surface area contributed by atoms with Crippen molar-refractivity contribution in [1.29, 1.82) is 0 Å². The fourth-order valence-corrected chi connectivity index (χ4v) is 3.29. The molecule has 1 aliphatic rings. The van der Waals surface area contributed by atoms with Crippen LogP contribution in [0, 0.1) is 0 Å². The average molecular weight is 484 g/mol. The van der Waals surface area contributed by atoms with Gasteiger partial charge in [-0.1, -0.05) is 6.08 Å². The fraction of sp³-hybridized carbons (Fsp3) is 0.250. The number of amides is 3. The van der Waals surface area contributed by atoms with Crippen molar-refractivity contribution in [3.63, 3.8) is 0 Å². The Morgan fingerprint density at radius 1 is 1.14 bits per heavy atom. The molecule has 2 aromatic rings. The molecule has 0 spiro atoms. The Morgan fingerprint density at radius 3 is 2.57 bits per heavy atom. The smallest absolute Gasteiger partial charge is 0.373 e. The van der Waals surface area contributed by atoms with E-state index in [1.807, 2.05) is 0 Å². The maximum atomic E-state index is 12.9. The number of hydrogen-bond acceptors (Lipinski definition) is 9. The number of hydrogen-bond donors (Lipinski definition) is 1. The Bertz CT molecular complexity index is 1200. The summed E-state index contributed by atoms with van der Waals surface area (Å²) in [5.41, 5.74) is 1.22. The highest BCUT2D eigenvalue weighted by Gasteiger charge is 2.34. The summed E-state index contributed by atoms with van der Waals surface area (Å²) >= 11 is 0. The number of carbonyl (C=O) groups is 4. The van der Waals surface area contributed by atoms with Gasteiger partial charge in [0.15, 0.2) is 18.1 Å². The van der Waals surface area contributed by atoms with Crippen LogP contribution in [0.1, 0.15) is 27.4 Å². The van der Waals surface area contributed by atoms with Crippen LogP contribution >= 0.6 is 0 Å². The minimum absolute atomic E-state index is 0.0320. The summed E-state index contributed by atoms with van der Waals surface area (Å²) < 4.78 is 25.5. The van der Waals surface area contributed by atoms with Gasteiger partial charge in [0.05, 0.1) is 27.9 Å². The number of furan rings is 1. The predicted octanol–water partition coefficient (Wildman–Crippen LogP) is 2.45. The molecule has 3 rings (SSSR count). The monoisotopic (exact) mass is 484 g/mol. The van der Waals surface area contributed by atoms with Gasteiger partial charge in [-0.05, 0) is 42.3 Å². The number of allylic oxidation sites excluding steroid dienone is 1. The molecule has 11 heteroatoms. The number of methoxy groups -OCH3 is 3. The van der Waals surface area contributed by atoms with Crippen LogP contribution in [0.15, 0.2) is 47.0 Å². The van der Waals surface area contributed by atoms with Gasteiger partial charge in [-0.15, -0.1) is 6.58 Å². The van der Waals surface area contributed by atoms with Crippen molar-refractivity contribution in [2.24, 2.45) is 0 Å². The van der Waals surface area contributed by atoms with Gasteiger partial charge >= 0.3 is 18.0 Å². The van der Waals surface area contributed by atoms with Crippen molar-refractivity contribution in [1.82, 2.24) is 10.2 Å². The molecule has 1 aromatic heterocycles. The largest absolute Gasteiger partial charge is 0.493 e. The van der Waals surface area contributed by atoms with E-state index in [4.69, 9.17) is 13.9 Å². The quantitative estimate of drug-likeness (QED) is 0.234. The molecule has 3 amide bonds. The average Bonchev–Trinajstić information content (AvgIpc) is 3.43. The first-order chi connectivity index (χ1) is 16.8. The van der Waals surface area contributed by atoms with Gasteiger partial charge in [-0.2, -0.15) is 0 Å². The molecule has 0 aliphatic carbocycles. The molecule has 2 heterocycles. The number of ether oxygens (including phenoxy) is 4. The summed E-state index contributed by atoms with van der Waals surface area (Å²) in [6, 6.07) is 5.56. The van der Waals surface area contributed by atoms with Crippen molar-refractivity contribution in [2.45, 2.75) is 13.0 Å². The minimum Gasteiger partial charge on any atom is -0.493 e. The lowest BCUT2D eigenvalue weighted by Gasteiger charge is -2.15. The summed E-state index contributed by atoms with van der Waals surface area (Å²) in [6.07, 6.45) is 3.52. The minimum atomic E-state index is -0.669. The van der Waals surface area contributed by atoms with Crippen molar-refractivity contribution >= 4 is 30.0 Å². The van der Waals surface area contributed by atoms with E-state index >= 15 is 0 Å². The van der Waals surface area contributed by atoms with Crippen LogP contribution in [-0.2, 0) is 32.0 Å². The third-order valence-electron chi connectivity index (χ3n) is 4.94. The molecule has 1 fully saturated rings. The molecule has 11 nitrogen and oxygen atoms in total. The van der Waals surface area contributed by atoms with Gasteiger partial charge in [0.25, 0.3) is 5.91 Å². The number of urea groups is 1. The fourth-order valence-electron chi connectivity index (χ4n) is 3.29.